The van der Waals surface area contributed by atoms with Crippen LogP contribution in [0.5, 0.6) is 34.5 Å². The Kier molecular flexibility index (Phi) is 19.4. The molecular formula is C38H52Cl2N4O7S2. The summed E-state index contributed by atoms with van der Waals surface area (Å²) in [5.41, 5.74) is 1.69. The van der Waals surface area contributed by atoms with Crippen molar-refractivity contribution in [1.82, 2.24) is 4.68 Å². The number of alkyl halides is 1. The van der Waals surface area contributed by atoms with Gasteiger partial charge in [0.2, 0.25) is 4.80 Å². The number of aryl methyl sites for hydroxylation is 1. The number of hydrogen-bond acceptors (Lipinski definition) is 12. The fraction of sp³-hybridized carbons (Fsp3) is 0.500. The Balaban J connectivity index is 0.000000316. The van der Waals surface area contributed by atoms with E-state index >= 15 is 0 Å². The molecule has 0 aliphatic heterocycles. The minimum Gasteiger partial charge on any atom is -0.507 e. The normalized spacial score (nSPS) is 16.0. The van der Waals surface area contributed by atoms with Gasteiger partial charge in [0.15, 0.2) is 23.0 Å². The summed E-state index contributed by atoms with van der Waals surface area (Å²) in [6.45, 7) is 7.60. The van der Waals surface area contributed by atoms with Gasteiger partial charge in [0.25, 0.3) is 0 Å². The number of nitrogens with zero attached hydrogens (tertiary/aromatic N) is 4. The van der Waals surface area contributed by atoms with Crippen molar-refractivity contribution in [2.24, 2.45) is 21.0 Å². The molecule has 292 valence electrons. The molecule has 5 rings (SSSR count). The number of aromatic nitrogens is 1. The molecule has 2 aliphatic rings. The van der Waals surface area contributed by atoms with Gasteiger partial charge in [-0.25, -0.2) is 4.68 Å². The first-order valence-corrected chi connectivity index (χ1v) is 19.3. The van der Waals surface area contributed by atoms with Gasteiger partial charge in [0.05, 0.1) is 29.9 Å². The number of ketones is 1. The minimum absolute atomic E-state index is 0. The van der Waals surface area contributed by atoms with Crippen LogP contribution in [0.1, 0.15) is 106 Å². The Morgan fingerprint density at radius 1 is 0.849 bits per heavy atom. The fourth-order valence-electron chi connectivity index (χ4n) is 5.64. The number of carbonyl (C=O) groups is 1. The van der Waals surface area contributed by atoms with Crippen molar-refractivity contribution in [1.29, 1.82) is 0 Å². The molecule has 2 aliphatic carbocycles. The summed E-state index contributed by atoms with van der Waals surface area (Å²) in [4.78, 5) is 22.0. The second-order valence-corrected chi connectivity index (χ2v) is 15.7. The van der Waals surface area contributed by atoms with E-state index in [-0.39, 0.29) is 58.1 Å². The van der Waals surface area contributed by atoms with E-state index in [1.807, 2.05) is 13.8 Å². The number of hydrogen-bond donors (Lipinski definition) is 6. The predicted octanol–water partition coefficient (Wildman–Crippen LogP) is 8.59. The van der Waals surface area contributed by atoms with Crippen molar-refractivity contribution in [2.75, 3.05) is 6.54 Å². The summed E-state index contributed by atoms with van der Waals surface area (Å²) in [6.07, 6.45) is 16.3. The Bertz CT molecular complexity index is 1800. The molecular weight excluding hydrogens is 759 g/mol. The van der Waals surface area contributed by atoms with Gasteiger partial charge >= 0.3 is 0 Å². The van der Waals surface area contributed by atoms with Crippen molar-refractivity contribution in [3.63, 3.8) is 0 Å². The minimum atomic E-state index is -0.363. The van der Waals surface area contributed by atoms with Gasteiger partial charge in [-0.3, -0.25) is 14.8 Å². The van der Waals surface area contributed by atoms with Crippen LogP contribution in [0.3, 0.4) is 0 Å². The summed E-state index contributed by atoms with van der Waals surface area (Å²) in [5.74, 6) is -0.824. The van der Waals surface area contributed by atoms with Crippen molar-refractivity contribution >= 4 is 70.6 Å². The van der Waals surface area contributed by atoms with E-state index in [0.717, 1.165) is 51.6 Å². The molecule has 0 saturated heterocycles. The SMILES string of the molecule is CC(=O)C(C)Cl.Cc1sc(=NC2CCCCC2)n(/N=C/c2cc(O)c(O)cc2O)c1C.Cl.Oc1cc(O)c(C=NCC(=S)CC2CCCCC2)cc1O. The molecule has 1 aromatic heterocycles. The number of thiocarbonyl (C=S) groups is 1. The summed E-state index contributed by atoms with van der Waals surface area (Å²) < 4.78 is 1.78. The quantitative estimate of drug-likeness (QED) is 0.0409. The molecule has 1 heterocycles. The lowest BCUT2D eigenvalue weighted by Crippen LogP contribution is -2.19. The average molecular weight is 812 g/mol. The molecule has 0 spiro atoms. The van der Waals surface area contributed by atoms with E-state index in [0.29, 0.717) is 29.6 Å². The van der Waals surface area contributed by atoms with E-state index < -0.39 is 0 Å². The van der Waals surface area contributed by atoms with Crippen LogP contribution in [0.4, 0.5) is 0 Å². The van der Waals surface area contributed by atoms with Crippen molar-refractivity contribution in [3.05, 3.63) is 50.8 Å². The van der Waals surface area contributed by atoms with Gasteiger partial charge in [-0.2, -0.15) is 5.10 Å². The van der Waals surface area contributed by atoms with E-state index in [2.05, 4.69) is 10.1 Å². The van der Waals surface area contributed by atoms with Gasteiger partial charge in [0, 0.05) is 39.2 Å². The van der Waals surface area contributed by atoms with E-state index in [1.54, 1.807) is 22.9 Å². The Labute approximate surface area is 331 Å². The number of aromatic hydroxyl groups is 6. The van der Waals surface area contributed by atoms with Gasteiger partial charge in [-0.05, 0) is 65.0 Å². The van der Waals surface area contributed by atoms with Crippen molar-refractivity contribution < 1.29 is 35.4 Å². The maximum atomic E-state index is 10.0. The Hall–Kier alpha value is -3.65. The van der Waals surface area contributed by atoms with Crippen LogP contribution in [0.15, 0.2) is 39.4 Å². The lowest BCUT2D eigenvalue weighted by atomic mass is 9.86. The van der Waals surface area contributed by atoms with Crippen molar-refractivity contribution in [3.8, 4) is 34.5 Å². The van der Waals surface area contributed by atoms with E-state index in [1.165, 1.54) is 82.9 Å². The maximum absolute atomic E-state index is 10.0. The summed E-state index contributed by atoms with van der Waals surface area (Å²) in [5, 5.41) is 61.3. The van der Waals surface area contributed by atoms with Crippen LogP contribution in [0.25, 0.3) is 0 Å². The zero-order valence-corrected chi connectivity index (χ0v) is 33.9. The highest BCUT2D eigenvalue weighted by Gasteiger charge is 2.16. The average Bonchev–Trinajstić information content (AvgIpc) is 3.36. The molecule has 2 aromatic carbocycles. The number of phenols is 6. The lowest BCUT2D eigenvalue weighted by Gasteiger charge is -2.21. The highest BCUT2D eigenvalue weighted by molar-refractivity contribution is 7.80. The van der Waals surface area contributed by atoms with Gasteiger partial charge < -0.3 is 30.6 Å². The highest BCUT2D eigenvalue weighted by Crippen LogP contribution is 2.32. The molecule has 1 atom stereocenters. The number of Topliss-reactive ketones (excluding diaryl/α,β-unsaturated/α-hetero) is 1. The number of phenolic OH excluding ortho intramolecular Hbond substituents is 6. The molecule has 2 fully saturated rings. The fourth-order valence-corrected chi connectivity index (χ4v) is 6.93. The maximum Gasteiger partial charge on any atom is 0.206 e. The molecule has 11 nitrogen and oxygen atoms in total. The van der Waals surface area contributed by atoms with Gasteiger partial charge in [-0.15, -0.1) is 35.3 Å². The molecule has 53 heavy (non-hydrogen) atoms. The smallest absolute Gasteiger partial charge is 0.206 e. The van der Waals surface area contributed by atoms with Crippen LogP contribution < -0.4 is 4.80 Å². The highest BCUT2D eigenvalue weighted by atomic mass is 35.5. The van der Waals surface area contributed by atoms with Crippen LogP contribution in [0, 0.1) is 19.8 Å². The molecule has 15 heteroatoms. The summed E-state index contributed by atoms with van der Waals surface area (Å²) >= 11 is 12.2. The van der Waals surface area contributed by atoms with E-state index in [4.69, 9.17) is 28.8 Å². The second-order valence-electron chi connectivity index (χ2n) is 13.2. The third kappa shape index (κ3) is 15.0. The predicted molar refractivity (Wildman–Crippen MR) is 220 cm³/mol. The van der Waals surface area contributed by atoms with Gasteiger partial charge in [-0.1, -0.05) is 63.6 Å². The number of thiazole rings is 1. The molecule has 2 saturated carbocycles. The number of halogens is 2. The third-order valence-electron chi connectivity index (χ3n) is 8.98. The van der Waals surface area contributed by atoms with Crippen LogP contribution in [-0.4, -0.2) is 76.4 Å². The zero-order valence-electron chi connectivity index (χ0n) is 30.7. The standard InChI is InChI=1S/C18H23N3O3S.C16H21NO3S.C4H7ClO.ClH/c1-11-12(2)25-18(20-14-6-4-3-5-7-14)21(11)19-10-13-8-16(23)17(24)9-15(13)22;18-14-8-16(20)15(19)7-12(14)9-17-10-13(21)6-11-4-2-1-3-5-11;1-3(5)4(2)6;/h8-10,14,22-24H,3-7H2,1-2H3;7-9,11,18-20H,1-6,10H2;3H,1-2H3;1H/b19-10+,20-18?;;;. The Morgan fingerprint density at radius 3 is 1.83 bits per heavy atom. The molecule has 1 unspecified atom stereocenters. The van der Waals surface area contributed by atoms with Gasteiger partial charge in [0.1, 0.15) is 17.3 Å². The Morgan fingerprint density at radius 2 is 1.32 bits per heavy atom. The topological polar surface area (TPSA) is 180 Å². The van der Waals surface area contributed by atoms with E-state index in [9.17, 15) is 35.4 Å². The second kappa shape index (κ2) is 22.5. The monoisotopic (exact) mass is 810 g/mol. The zero-order chi connectivity index (χ0) is 38.4. The molecule has 0 amide bonds. The molecule has 3 aromatic rings. The first-order chi connectivity index (χ1) is 24.7. The number of rotatable bonds is 9. The van der Waals surface area contributed by atoms with Crippen LogP contribution >= 0.6 is 47.6 Å². The largest absolute Gasteiger partial charge is 0.507 e. The number of aliphatic imine (C=N–C) groups is 1. The summed E-state index contributed by atoms with van der Waals surface area (Å²) in [6, 6.07) is 5.09. The molecule has 6 N–H and O–H groups in total. The summed E-state index contributed by atoms with van der Waals surface area (Å²) in [7, 11) is 0. The molecule has 0 radical (unpaired) electrons. The number of benzene rings is 2. The first kappa shape index (κ1) is 45.5. The molecule has 0 bridgehead atoms. The van der Waals surface area contributed by atoms with Crippen LogP contribution in [0.2, 0.25) is 0 Å². The first-order valence-electron chi connectivity index (χ1n) is 17.6. The van der Waals surface area contributed by atoms with Crippen molar-refractivity contribution in [2.45, 2.75) is 110 Å². The number of carbonyl (C=O) groups excluding carboxylic acids is 1. The third-order valence-corrected chi connectivity index (χ3v) is 10.6. The lowest BCUT2D eigenvalue weighted by molar-refractivity contribution is -0.116. The van der Waals surface area contributed by atoms with Crippen LogP contribution in [-0.2, 0) is 4.79 Å².